The lowest BCUT2D eigenvalue weighted by Crippen LogP contribution is -2.29. The first kappa shape index (κ1) is 18.8. The highest BCUT2D eigenvalue weighted by molar-refractivity contribution is 7.91. The van der Waals surface area contributed by atoms with Crippen LogP contribution in [0.5, 0.6) is 5.75 Å². The normalized spacial score (nSPS) is 19.1. The molecule has 134 valence electrons. The number of hydrogen-bond acceptors (Lipinski definition) is 6. The minimum absolute atomic E-state index is 0.0409. The molecule has 1 aliphatic rings. The molecule has 1 aromatic carbocycles. The smallest absolute Gasteiger partial charge is 0.267 e. The number of rotatable bonds is 6. The molecule has 0 bridgehead atoms. The Morgan fingerprint density at radius 1 is 1.44 bits per heavy atom. The third kappa shape index (κ3) is 5.22. The lowest BCUT2D eigenvalue weighted by molar-refractivity contribution is -0.112. The Balaban J connectivity index is 2.04. The fourth-order valence-electron chi connectivity index (χ4n) is 2.54. The van der Waals surface area contributed by atoms with Crippen LogP contribution in [0.3, 0.4) is 0 Å². The van der Waals surface area contributed by atoms with Crippen molar-refractivity contribution in [3.05, 3.63) is 36.0 Å². The van der Waals surface area contributed by atoms with Crippen molar-refractivity contribution in [3.8, 4) is 11.8 Å². The molecule has 0 aliphatic carbocycles. The van der Waals surface area contributed by atoms with Gasteiger partial charge in [-0.05, 0) is 37.6 Å². The maximum absolute atomic E-state index is 12.3. The van der Waals surface area contributed by atoms with Gasteiger partial charge in [-0.1, -0.05) is 0 Å². The molecule has 1 saturated heterocycles. The lowest BCUT2D eigenvalue weighted by atomic mass is 10.2. The number of benzene rings is 1. The number of nitriles is 1. The second-order valence-electron chi connectivity index (χ2n) is 5.79. The van der Waals surface area contributed by atoms with Crippen molar-refractivity contribution in [2.45, 2.75) is 19.4 Å². The van der Waals surface area contributed by atoms with E-state index in [2.05, 4.69) is 5.32 Å². The second kappa shape index (κ2) is 8.03. The number of carbonyl (C=O) groups is 1. The van der Waals surface area contributed by atoms with E-state index in [0.717, 1.165) is 0 Å². The van der Waals surface area contributed by atoms with Crippen LogP contribution in [0.2, 0.25) is 0 Å². The summed E-state index contributed by atoms with van der Waals surface area (Å²) in [5.74, 6) is 0.327. The number of amides is 1. The largest absolute Gasteiger partial charge is 0.494 e. The van der Waals surface area contributed by atoms with Gasteiger partial charge in [0.05, 0.1) is 18.1 Å². The standard InChI is InChI=1S/C17H21N3O4S/c1-3-24-16-6-4-14(5-7-16)19-17(21)13(10-18)11-20(2)15-8-9-25(22,23)12-15/h4-7,11,15H,3,8-9,12H2,1-2H3,(H,19,21)/b13-11-. The molecule has 1 fully saturated rings. The minimum atomic E-state index is -3.03. The summed E-state index contributed by atoms with van der Waals surface area (Å²) in [7, 11) is -1.35. The van der Waals surface area contributed by atoms with Crippen LogP contribution in [0, 0.1) is 11.3 Å². The van der Waals surface area contributed by atoms with Crippen molar-refractivity contribution in [2.75, 3.05) is 30.5 Å². The Bertz CT molecular complexity index is 794. The first-order chi connectivity index (χ1) is 11.8. The van der Waals surface area contributed by atoms with Gasteiger partial charge in [0.1, 0.15) is 17.4 Å². The number of ether oxygens (including phenoxy) is 1. The minimum Gasteiger partial charge on any atom is -0.494 e. The highest BCUT2D eigenvalue weighted by atomic mass is 32.2. The van der Waals surface area contributed by atoms with E-state index >= 15 is 0 Å². The van der Waals surface area contributed by atoms with Gasteiger partial charge in [-0.2, -0.15) is 5.26 Å². The molecule has 0 spiro atoms. The Kier molecular flexibility index (Phi) is 6.04. The number of anilines is 1. The lowest BCUT2D eigenvalue weighted by Gasteiger charge is -2.21. The summed E-state index contributed by atoms with van der Waals surface area (Å²) in [6.07, 6.45) is 1.89. The SMILES string of the molecule is CCOc1ccc(NC(=O)/C(C#N)=C\N(C)C2CCS(=O)(=O)C2)cc1. The van der Waals surface area contributed by atoms with Crippen LogP contribution in [0.25, 0.3) is 0 Å². The number of hydrogen-bond donors (Lipinski definition) is 1. The van der Waals surface area contributed by atoms with Gasteiger partial charge in [-0.25, -0.2) is 8.42 Å². The zero-order valence-corrected chi connectivity index (χ0v) is 15.0. The summed E-state index contributed by atoms with van der Waals surface area (Å²) < 4.78 is 28.4. The van der Waals surface area contributed by atoms with Crippen LogP contribution in [0.1, 0.15) is 13.3 Å². The maximum atomic E-state index is 12.3. The monoisotopic (exact) mass is 363 g/mol. The molecule has 1 aliphatic heterocycles. The van der Waals surface area contributed by atoms with Gasteiger partial charge in [0.25, 0.3) is 5.91 Å². The van der Waals surface area contributed by atoms with Crippen LogP contribution in [0.4, 0.5) is 5.69 Å². The molecule has 1 heterocycles. The molecule has 2 rings (SSSR count). The zero-order valence-electron chi connectivity index (χ0n) is 14.2. The quantitative estimate of drug-likeness (QED) is 0.608. The van der Waals surface area contributed by atoms with E-state index in [9.17, 15) is 18.5 Å². The van der Waals surface area contributed by atoms with Crippen molar-refractivity contribution in [2.24, 2.45) is 0 Å². The highest BCUT2D eigenvalue weighted by Gasteiger charge is 2.30. The molecular formula is C17H21N3O4S. The Labute approximate surface area is 147 Å². The molecule has 8 heteroatoms. The average molecular weight is 363 g/mol. The maximum Gasteiger partial charge on any atom is 0.267 e. The highest BCUT2D eigenvalue weighted by Crippen LogP contribution is 2.19. The molecule has 0 saturated carbocycles. The molecule has 0 radical (unpaired) electrons. The predicted molar refractivity (Wildman–Crippen MR) is 94.8 cm³/mol. The van der Waals surface area contributed by atoms with E-state index in [0.29, 0.717) is 24.5 Å². The third-order valence-electron chi connectivity index (χ3n) is 3.91. The van der Waals surface area contributed by atoms with Crippen LogP contribution in [0.15, 0.2) is 36.0 Å². The molecule has 1 amide bonds. The zero-order chi connectivity index (χ0) is 18.4. The number of carbonyl (C=O) groups excluding carboxylic acids is 1. The molecule has 1 N–H and O–H groups in total. The fourth-order valence-corrected chi connectivity index (χ4v) is 4.33. The fraction of sp³-hybridized carbons (Fsp3) is 0.412. The molecule has 1 atom stereocenters. The van der Waals surface area contributed by atoms with Crippen LogP contribution in [-0.2, 0) is 14.6 Å². The summed E-state index contributed by atoms with van der Waals surface area (Å²) in [5, 5.41) is 11.9. The molecule has 25 heavy (non-hydrogen) atoms. The Hall–Kier alpha value is -2.53. The topological polar surface area (TPSA) is 99.5 Å². The number of nitrogens with zero attached hydrogens (tertiary/aromatic N) is 2. The first-order valence-electron chi connectivity index (χ1n) is 7.93. The van der Waals surface area contributed by atoms with Gasteiger partial charge in [0.15, 0.2) is 9.84 Å². The van der Waals surface area contributed by atoms with E-state index in [4.69, 9.17) is 4.74 Å². The summed E-state index contributed by atoms with van der Waals surface area (Å²) in [6.45, 7) is 2.43. The van der Waals surface area contributed by atoms with Crippen molar-refractivity contribution in [3.63, 3.8) is 0 Å². The van der Waals surface area contributed by atoms with E-state index in [1.165, 1.54) is 6.20 Å². The summed E-state index contributed by atoms with van der Waals surface area (Å²) in [5.41, 5.74) is 0.460. The number of nitrogens with one attached hydrogen (secondary N) is 1. The first-order valence-corrected chi connectivity index (χ1v) is 9.75. The molecule has 0 aromatic heterocycles. The van der Waals surface area contributed by atoms with Crippen molar-refractivity contribution in [1.29, 1.82) is 5.26 Å². The van der Waals surface area contributed by atoms with Crippen molar-refractivity contribution in [1.82, 2.24) is 4.90 Å². The van der Waals surface area contributed by atoms with Gasteiger partial charge >= 0.3 is 0 Å². The average Bonchev–Trinajstić information content (AvgIpc) is 2.94. The van der Waals surface area contributed by atoms with Gasteiger partial charge in [0.2, 0.25) is 0 Å². The van der Waals surface area contributed by atoms with Crippen molar-refractivity contribution < 1.29 is 17.9 Å². The van der Waals surface area contributed by atoms with E-state index in [-0.39, 0.29) is 23.1 Å². The third-order valence-corrected chi connectivity index (χ3v) is 5.66. The van der Waals surface area contributed by atoms with Crippen LogP contribution < -0.4 is 10.1 Å². The summed E-state index contributed by atoms with van der Waals surface area (Å²) in [4.78, 5) is 13.9. The molecule has 7 nitrogen and oxygen atoms in total. The van der Waals surface area contributed by atoms with Gasteiger partial charge in [-0.15, -0.1) is 0 Å². The van der Waals surface area contributed by atoms with Crippen LogP contribution in [-0.4, -0.2) is 50.4 Å². The second-order valence-corrected chi connectivity index (χ2v) is 8.02. The van der Waals surface area contributed by atoms with Gasteiger partial charge in [-0.3, -0.25) is 4.79 Å². The van der Waals surface area contributed by atoms with Crippen molar-refractivity contribution >= 4 is 21.4 Å². The van der Waals surface area contributed by atoms with Gasteiger partial charge in [0, 0.05) is 25.0 Å². The van der Waals surface area contributed by atoms with E-state index in [1.807, 2.05) is 13.0 Å². The van der Waals surface area contributed by atoms with Gasteiger partial charge < -0.3 is 15.0 Å². The summed E-state index contributed by atoms with van der Waals surface area (Å²) in [6, 6.07) is 8.47. The molecular weight excluding hydrogens is 342 g/mol. The molecule has 1 unspecified atom stereocenters. The van der Waals surface area contributed by atoms with E-state index < -0.39 is 15.7 Å². The molecule has 1 aromatic rings. The Morgan fingerprint density at radius 3 is 2.64 bits per heavy atom. The number of sulfone groups is 1. The Morgan fingerprint density at radius 2 is 2.12 bits per heavy atom. The van der Waals surface area contributed by atoms with E-state index in [1.54, 1.807) is 36.2 Å². The predicted octanol–water partition coefficient (Wildman–Crippen LogP) is 1.55. The van der Waals surface area contributed by atoms with Crippen LogP contribution >= 0.6 is 0 Å². The summed E-state index contributed by atoms with van der Waals surface area (Å²) >= 11 is 0.